The zero-order valence-electron chi connectivity index (χ0n) is 10.2. The van der Waals surface area contributed by atoms with Crippen LogP contribution in [0.4, 0.5) is 0 Å². The molecule has 0 amide bonds. The van der Waals surface area contributed by atoms with Gasteiger partial charge in [-0.2, -0.15) is 0 Å². The molecule has 2 atom stereocenters. The molecule has 0 spiro atoms. The van der Waals surface area contributed by atoms with E-state index in [4.69, 9.17) is 5.11 Å². The molecule has 3 nitrogen and oxygen atoms in total. The van der Waals surface area contributed by atoms with Crippen molar-refractivity contribution in [3.63, 3.8) is 0 Å². The van der Waals surface area contributed by atoms with Gasteiger partial charge in [0.1, 0.15) is 6.04 Å². The summed E-state index contributed by atoms with van der Waals surface area (Å²) in [5.74, 6) is -0.773. The van der Waals surface area contributed by atoms with Crippen LogP contribution in [0, 0.1) is 0 Å². The first-order chi connectivity index (χ1) is 7.65. The molecule has 1 aromatic rings. The molecule has 0 saturated carbocycles. The SMILES string of the molecule is CCCC(NC(C)c1ccccc1)C(=O)O.Cl. The van der Waals surface area contributed by atoms with Crippen LogP contribution in [0.25, 0.3) is 0 Å². The summed E-state index contributed by atoms with van der Waals surface area (Å²) in [7, 11) is 0. The van der Waals surface area contributed by atoms with Crippen LogP contribution in [0.15, 0.2) is 30.3 Å². The number of carboxylic acids is 1. The highest BCUT2D eigenvalue weighted by Crippen LogP contribution is 2.13. The van der Waals surface area contributed by atoms with Gasteiger partial charge in [-0.25, -0.2) is 0 Å². The summed E-state index contributed by atoms with van der Waals surface area (Å²) in [6.45, 7) is 3.98. The second-order valence-electron chi connectivity index (χ2n) is 3.98. The number of carbonyl (C=O) groups is 1. The Hall–Kier alpha value is -1.06. The molecule has 96 valence electrons. The molecular formula is C13H20ClNO2. The fourth-order valence-electron chi connectivity index (χ4n) is 1.71. The third-order valence-electron chi connectivity index (χ3n) is 2.63. The van der Waals surface area contributed by atoms with Crippen LogP contribution in [0.3, 0.4) is 0 Å². The largest absolute Gasteiger partial charge is 0.480 e. The summed E-state index contributed by atoms with van der Waals surface area (Å²) in [4.78, 5) is 11.0. The number of benzene rings is 1. The van der Waals surface area contributed by atoms with E-state index >= 15 is 0 Å². The van der Waals surface area contributed by atoms with Crippen molar-refractivity contribution in [1.29, 1.82) is 0 Å². The smallest absolute Gasteiger partial charge is 0.320 e. The van der Waals surface area contributed by atoms with Crippen LogP contribution < -0.4 is 5.32 Å². The third kappa shape index (κ3) is 5.20. The first kappa shape index (κ1) is 15.9. The van der Waals surface area contributed by atoms with E-state index in [1.54, 1.807) is 0 Å². The molecular weight excluding hydrogens is 238 g/mol. The van der Waals surface area contributed by atoms with Crippen molar-refractivity contribution >= 4 is 18.4 Å². The predicted octanol–water partition coefficient (Wildman–Crippen LogP) is 3.01. The molecule has 0 radical (unpaired) electrons. The lowest BCUT2D eigenvalue weighted by atomic mass is 10.1. The Balaban J connectivity index is 0.00000256. The molecule has 0 fully saturated rings. The van der Waals surface area contributed by atoms with E-state index in [-0.39, 0.29) is 18.4 Å². The lowest BCUT2D eigenvalue weighted by Gasteiger charge is -2.20. The van der Waals surface area contributed by atoms with Crippen LogP contribution in [0.5, 0.6) is 0 Å². The highest BCUT2D eigenvalue weighted by molar-refractivity contribution is 5.85. The summed E-state index contributed by atoms with van der Waals surface area (Å²) < 4.78 is 0. The van der Waals surface area contributed by atoms with Crippen LogP contribution in [0.1, 0.15) is 38.3 Å². The van der Waals surface area contributed by atoms with Gasteiger partial charge in [0, 0.05) is 6.04 Å². The molecule has 0 aliphatic heterocycles. The van der Waals surface area contributed by atoms with Crippen molar-refractivity contribution in [3.05, 3.63) is 35.9 Å². The summed E-state index contributed by atoms with van der Waals surface area (Å²) in [5.41, 5.74) is 1.12. The summed E-state index contributed by atoms with van der Waals surface area (Å²) in [5, 5.41) is 12.2. The number of aliphatic carboxylic acids is 1. The van der Waals surface area contributed by atoms with Crippen LogP contribution >= 0.6 is 12.4 Å². The van der Waals surface area contributed by atoms with Gasteiger partial charge in [0.15, 0.2) is 0 Å². The van der Waals surface area contributed by atoms with E-state index in [1.165, 1.54) is 0 Å². The molecule has 0 aromatic heterocycles. The Morgan fingerprint density at radius 3 is 2.41 bits per heavy atom. The van der Waals surface area contributed by atoms with Crippen molar-refractivity contribution in [2.24, 2.45) is 0 Å². The summed E-state index contributed by atoms with van der Waals surface area (Å²) in [6, 6.07) is 9.49. The average molecular weight is 258 g/mol. The molecule has 1 aromatic carbocycles. The van der Waals surface area contributed by atoms with E-state index in [1.807, 2.05) is 44.2 Å². The Morgan fingerprint density at radius 1 is 1.35 bits per heavy atom. The van der Waals surface area contributed by atoms with Gasteiger partial charge in [-0.3, -0.25) is 10.1 Å². The minimum atomic E-state index is -0.773. The lowest BCUT2D eigenvalue weighted by molar-refractivity contribution is -0.139. The van der Waals surface area contributed by atoms with E-state index in [2.05, 4.69) is 5.32 Å². The maximum Gasteiger partial charge on any atom is 0.320 e. The molecule has 0 heterocycles. The van der Waals surface area contributed by atoms with Gasteiger partial charge < -0.3 is 5.11 Å². The molecule has 0 bridgehead atoms. The standard InChI is InChI=1S/C13H19NO2.ClH/c1-3-7-12(13(15)16)14-10(2)11-8-5-4-6-9-11;/h4-6,8-10,12,14H,3,7H2,1-2H3,(H,15,16);1H. The summed E-state index contributed by atoms with van der Waals surface area (Å²) in [6.07, 6.45) is 1.53. The second kappa shape index (κ2) is 8.09. The van der Waals surface area contributed by atoms with Crippen LogP contribution in [-0.2, 0) is 4.79 Å². The van der Waals surface area contributed by atoms with Crippen molar-refractivity contribution < 1.29 is 9.90 Å². The third-order valence-corrected chi connectivity index (χ3v) is 2.63. The topological polar surface area (TPSA) is 49.3 Å². The zero-order chi connectivity index (χ0) is 12.0. The van der Waals surface area contributed by atoms with Gasteiger partial charge in [-0.15, -0.1) is 12.4 Å². The first-order valence-corrected chi connectivity index (χ1v) is 5.69. The lowest BCUT2D eigenvalue weighted by Crippen LogP contribution is -2.38. The molecule has 2 unspecified atom stereocenters. The van der Waals surface area contributed by atoms with Gasteiger partial charge in [0.2, 0.25) is 0 Å². The normalized spacial score (nSPS) is 13.5. The first-order valence-electron chi connectivity index (χ1n) is 5.69. The number of hydrogen-bond donors (Lipinski definition) is 2. The van der Waals surface area contributed by atoms with Crippen molar-refractivity contribution in [2.75, 3.05) is 0 Å². The fourth-order valence-corrected chi connectivity index (χ4v) is 1.71. The van der Waals surface area contributed by atoms with Crippen LogP contribution in [0.2, 0.25) is 0 Å². The Bertz CT molecular complexity index is 329. The molecule has 2 N–H and O–H groups in total. The van der Waals surface area contributed by atoms with Gasteiger partial charge >= 0.3 is 5.97 Å². The van der Waals surface area contributed by atoms with Crippen molar-refractivity contribution in [1.82, 2.24) is 5.32 Å². The monoisotopic (exact) mass is 257 g/mol. The molecule has 4 heteroatoms. The highest BCUT2D eigenvalue weighted by atomic mass is 35.5. The van der Waals surface area contributed by atoms with Gasteiger partial charge in [-0.1, -0.05) is 43.7 Å². The molecule has 0 aliphatic rings. The maximum atomic E-state index is 11.0. The predicted molar refractivity (Wildman–Crippen MR) is 71.6 cm³/mol. The van der Waals surface area contributed by atoms with E-state index in [9.17, 15) is 4.79 Å². The van der Waals surface area contributed by atoms with E-state index in [0.29, 0.717) is 6.42 Å². The van der Waals surface area contributed by atoms with Crippen molar-refractivity contribution in [2.45, 2.75) is 38.8 Å². The zero-order valence-corrected chi connectivity index (χ0v) is 11.0. The Labute approximate surface area is 109 Å². The number of rotatable bonds is 6. The van der Waals surface area contributed by atoms with Crippen LogP contribution in [-0.4, -0.2) is 17.1 Å². The minimum absolute atomic E-state index is 0. The van der Waals surface area contributed by atoms with Crippen molar-refractivity contribution in [3.8, 4) is 0 Å². The number of carboxylic acid groups (broad SMARTS) is 1. The van der Waals surface area contributed by atoms with Gasteiger partial charge in [-0.05, 0) is 18.9 Å². The minimum Gasteiger partial charge on any atom is -0.480 e. The average Bonchev–Trinajstić information content (AvgIpc) is 2.29. The maximum absolute atomic E-state index is 11.0. The summed E-state index contributed by atoms with van der Waals surface area (Å²) >= 11 is 0. The van der Waals surface area contributed by atoms with E-state index < -0.39 is 12.0 Å². The Kier molecular flexibility index (Phi) is 7.59. The molecule has 0 saturated heterocycles. The highest BCUT2D eigenvalue weighted by Gasteiger charge is 2.18. The number of nitrogens with one attached hydrogen (secondary N) is 1. The second-order valence-corrected chi connectivity index (χ2v) is 3.98. The fraction of sp³-hybridized carbons (Fsp3) is 0.462. The van der Waals surface area contributed by atoms with Gasteiger partial charge in [0.25, 0.3) is 0 Å². The molecule has 17 heavy (non-hydrogen) atoms. The molecule has 1 rings (SSSR count). The van der Waals surface area contributed by atoms with Gasteiger partial charge in [0.05, 0.1) is 0 Å². The quantitative estimate of drug-likeness (QED) is 0.824. The Morgan fingerprint density at radius 2 is 1.94 bits per heavy atom. The molecule has 0 aliphatic carbocycles. The number of halogens is 1. The number of hydrogen-bond acceptors (Lipinski definition) is 2. The van der Waals surface area contributed by atoms with E-state index in [0.717, 1.165) is 12.0 Å².